The summed E-state index contributed by atoms with van der Waals surface area (Å²) in [7, 11) is 0. The van der Waals surface area contributed by atoms with Crippen LogP contribution in [-0.4, -0.2) is 0 Å². The molecule has 0 amide bonds. The second-order valence-electron chi connectivity index (χ2n) is 8.14. The van der Waals surface area contributed by atoms with Gasteiger partial charge >= 0.3 is 0 Å². The molecule has 0 N–H and O–H groups in total. The number of benzene rings is 5. The van der Waals surface area contributed by atoms with Gasteiger partial charge in [-0.05, 0) is 41.0 Å². The van der Waals surface area contributed by atoms with Crippen LogP contribution < -0.4 is 0 Å². The maximum atomic E-state index is 6.08. The van der Waals surface area contributed by atoms with Gasteiger partial charge in [-0.15, -0.1) is 11.8 Å². The molecule has 1 aromatic heterocycles. The van der Waals surface area contributed by atoms with Crippen LogP contribution in [0.5, 0.6) is 0 Å². The van der Waals surface area contributed by atoms with E-state index in [1.54, 1.807) is 0 Å². The third-order valence-electron chi connectivity index (χ3n) is 6.16. The first-order valence-corrected chi connectivity index (χ1v) is 11.9. The van der Waals surface area contributed by atoms with Crippen molar-refractivity contribution in [3.8, 4) is 0 Å². The summed E-state index contributed by atoms with van der Waals surface area (Å²) in [5, 5.41) is 2.30. The van der Waals surface area contributed by atoms with Crippen LogP contribution >= 0.6 is 11.8 Å². The first-order valence-electron chi connectivity index (χ1n) is 11.1. The lowest BCUT2D eigenvalue weighted by Gasteiger charge is -2.35. The van der Waals surface area contributed by atoms with E-state index in [-0.39, 0.29) is 0 Å². The number of hydrogen-bond donors (Lipinski definition) is 0. The minimum atomic E-state index is -0.392. The highest BCUT2D eigenvalue weighted by atomic mass is 32.2. The summed E-state index contributed by atoms with van der Waals surface area (Å²) >= 11 is 1.88. The number of hydrogen-bond acceptors (Lipinski definition) is 2. The van der Waals surface area contributed by atoms with Gasteiger partial charge in [0.25, 0.3) is 0 Å². The highest BCUT2D eigenvalue weighted by Gasteiger charge is 2.37. The third kappa shape index (κ3) is 3.44. The molecule has 0 saturated heterocycles. The Kier molecular flexibility index (Phi) is 5.01. The average Bonchev–Trinajstić information content (AvgIpc) is 3.27. The lowest BCUT2D eigenvalue weighted by molar-refractivity contribution is 0.668. The highest BCUT2D eigenvalue weighted by molar-refractivity contribution is 8.00. The van der Waals surface area contributed by atoms with Crippen molar-refractivity contribution in [2.24, 2.45) is 0 Å². The molecule has 33 heavy (non-hydrogen) atoms. The molecule has 2 heteroatoms. The van der Waals surface area contributed by atoms with Gasteiger partial charge in [0.15, 0.2) is 0 Å². The summed E-state index contributed by atoms with van der Waals surface area (Å²) in [6.45, 7) is 0. The summed E-state index contributed by atoms with van der Waals surface area (Å²) in [4.78, 5) is 1.20. The molecule has 0 atom stereocenters. The number of rotatable bonds is 5. The molecule has 0 radical (unpaired) electrons. The van der Waals surface area contributed by atoms with Crippen LogP contribution in [0.1, 0.15) is 16.7 Å². The number of thioether (sulfide) groups is 1. The molecule has 1 nitrogen and oxygen atoms in total. The monoisotopic (exact) mass is 442 g/mol. The van der Waals surface area contributed by atoms with Crippen molar-refractivity contribution in [1.82, 2.24) is 0 Å². The Morgan fingerprint density at radius 3 is 1.52 bits per heavy atom. The lowest BCUT2D eigenvalue weighted by atomic mass is 9.84. The van der Waals surface area contributed by atoms with Crippen LogP contribution in [0.25, 0.3) is 21.9 Å². The van der Waals surface area contributed by atoms with E-state index in [0.29, 0.717) is 0 Å². The van der Waals surface area contributed by atoms with E-state index < -0.39 is 4.75 Å². The Labute approximate surface area is 197 Å². The van der Waals surface area contributed by atoms with Gasteiger partial charge in [-0.3, -0.25) is 0 Å². The van der Waals surface area contributed by atoms with Crippen molar-refractivity contribution in [1.29, 1.82) is 0 Å². The largest absolute Gasteiger partial charge is 0.456 e. The molecule has 0 unspecified atom stereocenters. The Morgan fingerprint density at radius 2 is 0.939 bits per heavy atom. The first-order chi connectivity index (χ1) is 16.3. The molecule has 0 fully saturated rings. The molecule has 158 valence electrons. The molecular formula is C31H22OS. The fraction of sp³-hybridized carbons (Fsp3) is 0.0323. The summed E-state index contributed by atoms with van der Waals surface area (Å²) in [6.07, 6.45) is 0. The predicted octanol–water partition coefficient (Wildman–Crippen LogP) is 8.67. The molecule has 6 aromatic rings. The van der Waals surface area contributed by atoms with Crippen molar-refractivity contribution in [2.45, 2.75) is 9.64 Å². The van der Waals surface area contributed by atoms with Crippen LogP contribution in [0, 0.1) is 0 Å². The molecule has 0 aliphatic carbocycles. The van der Waals surface area contributed by atoms with Gasteiger partial charge in [-0.2, -0.15) is 0 Å². The zero-order chi connectivity index (χ0) is 22.1. The molecule has 0 saturated carbocycles. The second kappa shape index (κ2) is 8.31. The average molecular weight is 443 g/mol. The quantitative estimate of drug-likeness (QED) is 0.196. The van der Waals surface area contributed by atoms with Crippen LogP contribution in [0.15, 0.2) is 143 Å². The molecule has 1 heterocycles. The summed E-state index contributed by atoms with van der Waals surface area (Å²) < 4.78 is 5.69. The van der Waals surface area contributed by atoms with Gasteiger partial charge in [-0.1, -0.05) is 109 Å². The molecule has 0 aliphatic heterocycles. The molecule has 5 aromatic carbocycles. The second-order valence-corrected chi connectivity index (χ2v) is 9.43. The Bertz CT molecular complexity index is 1420. The van der Waals surface area contributed by atoms with Crippen LogP contribution in [-0.2, 0) is 4.75 Å². The van der Waals surface area contributed by atoms with Crippen molar-refractivity contribution in [2.75, 3.05) is 0 Å². The SMILES string of the molecule is c1ccc(C(Sc2ccc3oc4ccccc4c3c2)(c2ccccc2)c2ccccc2)cc1. The maximum Gasteiger partial charge on any atom is 0.135 e. The Hall–Kier alpha value is -3.75. The fourth-order valence-corrected chi connectivity index (χ4v) is 6.07. The van der Waals surface area contributed by atoms with Crippen molar-refractivity contribution >= 4 is 33.7 Å². The minimum absolute atomic E-state index is 0.392. The van der Waals surface area contributed by atoms with E-state index in [4.69, 9.17) is 4.42 Å². The van der Waals surface area contributed by atoms with E-state index in [0.717, 1.165) is 21.9 Å². The fourth-order valence-electron chi connectivity index (χ4n) is 4.64. The minimum Gasteiger partial charge on any atom is -0.456 e. The van der Waals surface area contributed by atoms with Crippen LogP contribution in [0.4, 0.5) is 0 Å². The molecular weight excluding hydrogens is 420 g/mol. The number of para-hydroxylation sites is 1. The van der Waals surface area contributed by atoms with E-state index in [1.165, 1.54) is 21.6 Å². The number of furan rings is 1. The van der Waals surface area contributed by atoms with Crippen molar-refractivity contribution in [3.63, 3.8) is 0 Å². The molecule has 0 spiro atoms. The maximum absolute atomic E-state index is 6.08. The van der Waals surface area contributed by atoms with Crippen molar-refractivity contribution < 1.29 is 4.42 Å². The molecule has 0 aliphatic rings. The number of fused-ring (bicyclic) bond motifs is 3. The smallest absolute Gasteiger partial charge is 0.135 e. The summed E-state index contributed by atoms with van der Waals surface area (Å²) in [5.74, 6) is 0. The van der Waals surface area contributed by atoms with Crippen molar-refractivity contribution in [3.05, 3.63) is 150 Å². The molecule has 0 bridgehead atoms. The van der Waals surface area contributed by atoms with Crippen LogP contribution in [0.3, 0.4) is 0 Å². The van der Waals surface area contributed by atoms with Gasteiger partial charge in [0.1, 0.15) is 11.2 Å². The highest BCUT2D eigenvalue weighted by Crippen LogP contribution is 2.52. The summed E-state index contributed by atoms with van der Waals surface area (Å²) in [6, 6.07) is 47.2. The van der Waals surface area contributed by atoms with E-state index in [2.05, 4.69) is 121 Å². The van der Waals surface area contributed by atoms with Gasteiger partial charge in [0.05, 0.1) is 4.75 Å². The topological polar surface area (TPSA) is 13.1 Å². The van der Waals surface area contributed by atoms with Gasteiger partial charge in [0.2, 0.25) is 0 Å². The Morgan fingerprint density at radius 1 is 0.455 bits per heavy atom. The van der Waals surface area contributed by atoms with E-state index in [9.17, 15) is 0 Å². The predicted molar refractivity (Wildman–Crippen MR) is 139 cm³/mol. The normalized spacial score (nSPS) is 11.8. The standard InChI is InChI=1S/C31H22OS/c1-4-12-23(13-5-1)31(24-14-6-2-7-15-24,25-16-8-3-9-17-25)33-26-20-21-30-28(22-26)27-18-10-11-19-29(27)32-30/h1-22H. The van der Waals surface area contributed by atoms with E-state index >= 15 is 0 Å². The Balaban J connectivity index is 1.60. The lowest BCUT2D eigenvalue weighted by Crippen LogP contribution is -2.25. The van der Waals surface area contributed by atoms with Crippen LogP contribution in [0.2, 0.25) is 0 Å². The van der Waals surface area contributed by atoms with Gasteiger partial charge in [0, 0.05) is 15.7 Å². The van der Waals surface area contributed by atoms with Gasteiger partial charge in [-0.25, -0.2) is 0 Å². The van der Waals surface area contributed by atoms with Gasteiger partial charge < -0.3 is 4.42 Å². The summed E-state index contributed by atoms with van der Waals surface area (Å²) in [5.41, 5.74) is 5.61. The van der Waals surface area contributed by atoms with E-state index in [1.807, 2.05) is 23.9 Å². The zero-order valence-electron chi connectivity index (χ0n) is 18.0. The molecule has 6 rings (SSSR count). The third-order valence-corrected chi connectivity index (χ3v) is 7.66. The zero-order valence-corrected chi connectivity index (χ0v) is 18.8. The first kappa shape index (κ1) is 19.9.